The van der Waals surface area contributed by atoms with Gasteiger partial charge in [-0.2, -0.15) is 0 Å². The summed E-state index contributed by atoms with van der Waals surface area (Å²) in [6.45, 7) is 4.16. The zero-order valence-corrected chi connectivity index (χ0v) is 11.3. The van der Waals surface area contributed by atoms with E-state index < -0.39 is 0 Å². The van der Waals surface area contributed by atoms with Crippen molar-refractivity contribution in [2.75, 3.05) is 26.2 Å². The third-order valence-electron chi connectivity index (χ3n) is 3.63. The summed E-state index contributed by atoms with van der Waals surface area (Å²) in [6, 6.07) is 8.06. The number of amides is 4. The molecule has 20 heavy (non-hydrogen) atoms. The number of nitrogens with one attached hydrogen (secondary N) is 2. The molecule has 1 aromatic carbocycles. The normalized spacial score (nSPS) is 18.4. The molecule has 0 atom stereocenters. The monoisotopic (exact) mass is 274 g/mol. The van der Waals surface area contributed by atoms with Gasteiger partial charge in [-0.05, 0) is 11.1 Å². The van der Waals surface area contributed by atoms with Crippen LogP contribution in [0.3, 0.4) is 0 Å². The molecule has 6 nitrogen and oxygen atoms in total. The average molecular weight is 274 g/mol. The topological polar surface area (TPSA) is 64.7 Å². The first-order valence-corrected chi connectivity index (χ1v) is 6.86. The van der Waals surface area contributed by atoms with Crippen LogP contribution < -0.4 is 10.6 Å². The Morgan fingerprint density at radius 2 is 1.40 bits per heavy atom. The number of hydrogen-bond donors (Lipinski definition) is 2. The van der Waals surface area contributed by atoms with Crippen molar-refractivity contribution >= 4 is 12.1 Å². The molecular weight excluding hydrogens is 256 g/mol. The lowest BCUT2D eigenvalue weighted by atomic mass is 10.1. The molecule has 2 aliphatic heterocycles. The number of carbonyl (C=O) groups is 2. The van der Waals surface area contributed by atoms with Crippen molar-refractivity contribution in [2.24, 2.45) is 0 Å². The highest BCUT2D eigenvalue weighted by Gasteiger charge is 2.21. The molecule has 2 aliphatic rings. The Kier molecular flexibility index (Phi) is 3.45. The zero-order chi connectivity index (χ0) is 13.9. The number of benzene rings is 1. The second-order valence-corrected chi connectivity index (χ2v) is 5.13. The number of nitrogens with zero attached hydrogens (tertiary/aromatic N) is 2. The summed E-state index contributed by atoms with van der Waals surface area (Å²) in [5.74, 6) is 0. The smallest absolute Gasteiger partial charge is 0.317 e. The standard InChI is InChI=1S/C14H18N4O2/c19-13-15-4-6-17(13)9-11-2-1-3-12(8-11)10-18-7-5-16-14(18)20/h1-3,8H,4-7,9-10H2,(H,15,19)(H,16,20). The van der Waals surface area contributed by atoms with Gasteiger partial charge in [0.2, 0.25) is 0 Å². The first kappa shape index (κ1) is 12.8. The molecule has 106 valence electrons. The molecular formula is C14H18N4O2. The molecule has 0 saturated carbocycles. The van der Waals surface area contributed by atoms with Gasteiger partial charge in [0.05, 0.1) is 0 Å². The van der Waals surface area contributed by atoms with Gasteiger partial charge >= 0.3 is 12.1 Å². The van der Waals surface area contributed by atoms with E-state index in [2.05, 4.69) is 16.7 Å². The maximum atomic E-state index is 11.5. The summed E-state index contributed by atoms with van der Waals surface area (Å²) in [4.78, 5) is 26.7. The van der Waals surface area contributed by atoms with Crippen LogP contribution in [0.4, 0.5) is 9.59 Å². The van der Waals surface area contributed by atoms with E-state index in [1.807, 2.05) is 18.2 Å². The molecule has 4 amide bonds. The summed E-state index contributed by atoms with van der Waals surface area (Å²) >= 11 is 0. The molecule has 0 radical (unpaired) electrons. The lowest BCUT2D eigenvalue weighted by Gasteiger charge is -2.17. The van der Waals surface area contributed by atoms with Crippen molar-refractivity contribution in [1.29, 1.82) is 0 Å². The minimum Gasteiger partial charge on any atom is -0.336 e. The number of hydrogen-bond acceptors (Lipinski definition) is 2. The highest BCUT2D eigenvalue weighted by atomic mass is 16.2. The van der Waals surface area contributed by atoms with Crippen molar-refractivity contribution in [3.63, 3.8) is 0 Å². The lowest BCUT2D eigenvalue weighted by molar-refractivity contribution is 0.215. The van der Waals surface area contributed by atoms with Gasteiger partial charge in [-0.25, -0.2) is 9.59 Å². The molecule has 0 spiro atoms. The SMILES string of the molecule is O=C1NCCN1Cc1cccc(CN2CCNC2=O)c1. The Balaban J connectivity index is 1.66. The Morgan fingerprint density at radius 1 is 0.900 bits per heavy atom. The van der Waals surface area contributed by atoms with Crippen molar-refractivity contribution in [1.82, 2.24) is 20.4 Å². The average Bonchev–Trinajstić information content (AvgIpc) is 3.01. The molecule has 1 aromatic rings. The maximum Gasteiger partial charge on any atom is 0.317 e. The van der Waals surface area contributed by atoms with Gasteiger partial charge in [0.25, 0.3) is 0 Å². The minimum absolute atomic E-state index is 0.00526. The van der Waals surface area contributed by atoms with Crippen LogP contribution in [-0.2, 0) is 13.1 Å². The molecule has 2 heterocycles. The summed E-state index contributed by atoms with van der Waals surface area (Å²) in [6.07, 6.45) is 0. The van der Waals surface area contributed by atoms with Crippen molar-refractivity contribution in [3.8, 4) is 0 Å². The molecule has 6 heteroatoms. The Labute approximate surface area is 117 Å². The molecule has 2 N–H and O–H groups in total. The van der Waals surface area contributed by atoms with E-state index in [0.717, 1.165) is 24.2 Å². The maximum absolute atomic E-state index is 11.5. The van der Waals surface area contributed by atoms with E-state index in [-0.39, 0.29) is 12.1 Å². The Hall–Kier alpha value is -2.24. The van der Waals surface area contributed by atoms with E-state index in [1.165, 1.54) is 0 Å². The Morgan fingerprint density at radius 3 is 1.80 bits per heavy atom. The van der Waals surface area contributed by atoms with Crippen LogP contribution in [0.5, 0.6) is 0 Å². The number of rotatable bonds is 4. The van der Waals surface area contributed by atoms with Crippen LogP contribution in [0.25, 0.3) is 0 Å². The quantitative estimate of drug-likeness (QED) is 0.850. The van der Waals surface area contributed by atoms with Crippen LogP contribution in [0.15, 0.2) is 24.3 Å². The summed E-state index contributed by atoms with van der Waals surface area (Å²) in [7, 11) is 0. The summed E-state index contributed by atoms with van der Waals surface area (Å²) in [5.41, 5.74) is 2.19. The van der Waals surface area contributed by atoms with Gasteiger partial charge in [0.15, 0.2) is 0 Å². The van der Waals surface area contributed by atoms with Crippen LogP contribution in [-0.4, -0.2) is 48.0 Å². The predicted molar refractivity (Wildman–Crippen MR) is 74.1 cm³/mol. The fourth-order valence-electron chi connectivity index (χ4n) is 2.59. The van der Waals surface area contributed by atoms with E-state index in [1.54, 1.807) is 9.80 Å². The van der Waals surface area contributed by atoms with E-state index >= 15 is 0 Å². The van der Waals surface area contributed by atoms with Gasteiger partial charge in [0.1, 0.15) is 0 Å². The first-order chi connectivity index (χ1) is 9.72. The van der Waals surface area contributed by atoms with Gasteiger partial charge in [-0.3, -0.25) is 0 Å². The third kappa shape index (κ3) is 2.68. The van der Waals surface area contributed by atoms with Gasteiger partial charge < -0.3 is 20.4 Å². The van der Waals surface area contributed by atoms with Crippen molar-refractivity contribution in [3.05, 3.63) is 35.4 Å². The molecule has 2 fully saturated rings. The van der Waals surface area contributed by atoms with Crippen LogP contribution in [0, 0.1) is 0 Å². The second kappa shape index (κ2) is 5.40. The number of carbonyl (C=O) groups excluding carboxylic acids is 2. The highest BCUT2D eigenvalue weighted by molar-refractivity contribution is 5.76. The van der Waals surface area contributed by atoms with E-state index in [9.17, 15) is 9.59 Å². The third-order valence-corrected chi connectivity index (χ3v) is 3.63. The number of urea groups is 2. The fraction of sp³-hybridized carbons (Fsp3) is 0.429. The fourth-order valence-corrected chi connectivity index (χ4v) is 2.59. The predicted octanol–water partition coefficient (Wildman–Crippen LogP) is 0.737. The van der Waals surface area contributed by atoms with Gasteiger partial charge in [-0.15, -0.1) is 0 Å². The van der Waals surface area contributed by atoms with Gasteiger partial charge in [0, 0.05) is 39.3 Å². The van der Waals surface area contributed by atoms with Crippen LogP contribution in [0.1, 0.15) is 11.1 Å². The first-order valence-electron chi connectivity index (χ1n) is 6.86. The van der Waals surface area contributed by atoms with Crippen molar-refractivity contribution in [2.45, 2.75) is 13.1 Å². The molecule has 0 bridgehead atoms. The molecule has 3 rings (SSSR count). The largest absolute Gasteiger partial charge is 0.336 e. The Bertz CT molecular complexity index is 488. The molecule has 0 aliphatic carbocycles. The second-order valence-electron chi connectivity index (χ2n) is 5.13. The van der Waals surface area contributed by atoms with E-state index in [4.69, 9.17) is 0 Å². The minimum atomic E-state index is -0.00526. The van der Waals surface area contributed by atoms with Crippen LogP contribution >= 0.6 is 0 Å². The summed E-state index contributed by atoms with van der Waals surface area (Å²) in [5, 5.41) is 5.59. The zero-order valence-electron chi connectivity index (χ0n) is 11.3. The summed E-state index contributed by atoms with van der Waals surface area (Å²) < 4.78 is 0. The van der Waals surface area contributed by atoms with Crippen molar-refractivity contribution < 1.29 is 9.59 Å². The van der Waals surface area contributed by atoms with Crippen LogP contribution in [0.2, 0.25) is 0 Å². The molecule has 0 unspecified atom stereocenters. The van der Waals surface area contributed by atoms with Gasteiger partial charge in [-0.1, -0.05) is 24.3 Å². The lowest BCUT2D eigenvalue weighted by Crippen LogP contribution is -2.28. The molecule has 0 aromatic heterocycles. The molecule has 2 saturated heterocycles. The highest BCUT2D eigenvalue weighted by Crippen LogP contribution is 2.13. The van der Waals surface area contributed by atoms with E-state index in [0.29, 0.717) is 26.2 Å².